The molecule has 0 saturated heterocycles. The Morgan fingerprint density at radius 2 is 1.77 bits per heavy atom. The lowest BCUT2D eigenvalue weighted by atomic mass is 10.00. The molecular formula is C21H21FN2O2. The van der Waals surface area contributed by atoms with Crippen LogP contribution in [0.25, 0.3) is 16.9 Å². The minimum absolute atomic E-state index is 0.0383. The van der Waals surface area contributed by atoms with Crippen LogP contribution in [0.5, 0.6) is 0 Å². The first-order chi connectivity index (χ1) is 12.5. The van der Waals surface area contributed by atoms with Crippen molar-refractivity contribution in [3.05, 3.63) is 71.7 Å². The molecule has 0 fully saturated rings. The number of halogens is 1. The SMILES string of the molecule is CCOC(=O)c1c(-c2ccc(F)cc2)nn(-c2ccccc2)c1C(C)C. The number of esters is 1. The fraction of sp³-hybridized carbons (Fsp3) is 0.238. The van der Waals surface area contributed by atoms with E-state index in [2.05, 4.69) is 0 Å². The van der Waals surface area contributed by atoms with Crippen molar-refractivity contribution < 1.29 is 13.9 Å². The first kappa shape index (κ1) is 17.9. The van der Waals surface area contributed by atoms with Gasteiger partial charge in [0.25, 0.3) is 0 Å². The largest absolute Gasteiger partial charge is 0.462 e. The maximum absolute atomic E-state index is 13.3. The van der Waals surface area contributed by atoms with Crippen LogP contribution in [0.2, 0.25) is 0 Å². The predicted molar refractivity (Wildman–Crippen MR) is 99.0 cm³/mol. The molecule has 1 aromatic heterocycles. The van der Waals surface area contributed by atoms with E-state index in [0.717, 1.165) is 11.4 Å². The van der Waals surface area contributed by atoms with E-state index in [1.165, 1.54) is 12.1 Å². The van der Waals surface area contributed by atoms with Crippen LogP contribution in [-0.2, 0) is 4.74 Å². The first-order valence-corrected chi connectivity index (χ1v) is 8.64. The van der Waals surface area contributed by atoms with E-state index in [9.17, 15) is 9.18 Å². The Labute approximate surface area is 152 Å². The number of hydrogen-bond donors (Lipinski definition) is 0. The lowest BCUT2D eigenvalue weighted by molar-refractivity contribution is 0.0525. The Bertz CT molecular complexity index is 900. The highest BCUT2D eigenvalue weighted by atomic mass is 19.1. The summed E-state index contributed by atoms with van der Waals surface area (Å²) < 4.78 is 20.4. The number of carbonyl (C=O) groups excluding carboxylic acids is 1. The summed E-state index contributed by atoms with van der Waals surface area (Å²) >= 11 is 0. The molecule has 0 aliphatic rings. The van der Waals surface area contributed by atoms with Crippen molar-refractivity contribution in [1.82, 2.24) is 9.78 Å². The number of ether oxygens (including phenoxy) is 1. The molecule has 5 heteroatoms. The monoisotopic (exact) mass is 352 g/mol. The zero-order chi connectivity index (χ0) is 18.7. The van der Waals surface area contributed by atoms with Crippen LogP contribution in [0.1, 0.15) is 42.7 Å². The van der Waals surface area contributed by atoms with E-state index in [1.807, 2.05) is 44.2 Å². The summed E-state index contributed by atoms with van der Waals surface area (Å²) in [5.74, 6) is -0.716. The van der Waals surface area contributed by atoms with Crippen molar-refractivity contribution in [3.8, 4) is 16.9 Å². The standard InChI is InChI=1S/C21H21FN2O2/c1-4-26-21(25)18-19(15-10-12-16(22)13-11-15)23-24(20(18)14(2)3)17-8-6-5-7-9-17/h5-14H,4H2,1-3H3. The molecule has 4 nitrogen and oxygen atoms in total. The van der Waals surface area contributed by atoms with Crippen LogP contribution in [0.15, 0.2) is 54.6 Å². The van der Waals surface area contributed by atoms with Crippen LogP contribution in [0.3, 0.4) is 0 Å². The molecule has 3 rings (SSSR count). The van der Waals surface area contributed by atoms with E-state index in [-0.39, 0.29) is 18.3 Å². The molecule has 0 spiro atoms. The van der Waals surface area contributed by atoms with Gasteiger partial charge in [0.2, 0.25) is 0 Å². The molecule has 3 aromatic rings. The Kier molecular flexibility index (Phi) is 5.16. The zero-order valence-electron chi connectivity index (χ0n) is 15.1. The van der Waals surface area contributed by atoms with Gasteiger partial charge in [-0.3, -0.25) is 0 Å². The number of carbonyl (C=O) groups is 1. The maximum atomic E-state index is 13.3. The van der Waals surface area contributed by atoms with Gasteiger partial charge in [0.15, 0.2) is 0 Å². The average Bonchev–Trinajstić information content (AvgIpc) is 3.04. The number of hydrogen-bond acceptors (Lipinski definition) is 3. The van der Waals surface area contributed by atoms with Crippen molar-refractivity contribution in [1.29, 1.82) is 0 Å². The molecule has 1 heterocycles. The van der Waals surface area contributed by atoms with Crippen molar-refractivity contribution in [2.75, 3.05) is 6.61 Å². The van der Waals surface area contributed by atoms with Crippen molar-refractivity contribution in [2.24, 2.45) is 0 Å². The summed E-state index contributed by atoms with van der Waals surface area (Å²) in [6, 6.07) is 15.6. The van der Waals surface area contributed by atoms with E-state index < -0.39 is 5.97 Å². The summed E-state index contributed by atoms with van der Waals surface area (Å²) in [6.45, 7) is 6.06. The van der Waals surface area contributed by atoms with E-state index in [0.29, 0.717) is 16.8 Å². The Morgan fingerprint density at radius 1 is 1.12 bits per heavy atom. The third-order valence-corrected chi connectivity index (χ3v) is 4.07. The van der Waals surface area contributed by atoms with Crippen LogP contribution < -0.4 is 0 Å². The fourth-order valence-electron chi connectivity index (χ4n) is 2.94. The van der Waals surface area contributed by atoms with Gasteiger partial charge < -0.3 is 4.74 Å². The number of aromatic nitrogens is 2. The van der Waals surface area contributed by atoms with Gasteiger partial charge in [-0.05, 0) is 49.2 Å². The third-order valence-electron chi connectivity index (χ3n) is 4.07. The molecule has 0 N–H and O–H groups in total. The highest BCUT2D eigenvalue weighted by Crippen LogP contribution is 2.32. The molecule has 0 radical (unpaired) electrons. The van der Waals surface area contributed by atoms with Gasteiger partial charge in [-0.2, -0.15) is 5.10 Å². The van der Waals surface area contributed by atoms with Crippen molar-refractivity contribution in [2.45, 2.75) is 26.7 Å². The highest BCUT2D eigenvalue weighted by molar-refractivity contribution is 5.98. The fourth-order valence-corrected chi connectivity index (χ4v) is 2.94. The number of nitrogens with zero attached hydrogens (tertiary/aromatic N) is 2. The molecule has 0 amide bonds. The molecule has 0 aliphatic carbocycles. The second kappa shape index (κ2) is 7.52. The molecule has 0 saturated carbocycles. The van der Waals surface area contributed by atoms with Crippen LogP contribution in [-0.4, -0.2) is 22.4 Å². The summed E-state index contributed by atoms with van der Waals surface area (Å²) in [4.78, 5) is 12.7. The number of para-hydroxylation sites is 1. The smallest absolute Gasteiger partial charge is 0.342 e. The Morgan fingerprint density at radius 3 is 2.35 bits per heavy atom. The second-order valence-corrected chi connectivity index (χ2v) is 6.24. The third kappa shape index (κ3) is 3.38. The highest BCUT2D eigenvalue weighted by Gasteiger charge is 2.28. The van der Waals surface area contributed by atoms with Gasteiger partial charge in [-0.1, -0.05) is 32.0 Å². The molecule has 0 bridgehead atoms. The molecule has 2 aromatic carbocycles. The maximum Gasteiger partial charge on any atom is 0.342 e. The second-order valence-electron chi connectivity index (χ2n) is 6.24. The number of benzene rings is 2. The number of rotatable bonds is 5. The van der Waals surface area contributed by atoms with Crippen molar-refractivity contribution in [3.63, 3.8) is 0 Å². The molecule has 0 aliphatic heterocycles. The minimum Gasteiger partial charge on any atom is -0.462 e. The van der Waals surface area contributed by atoms with Gasteiger partial charge in [0.05, 0.1) is 18.0 Å². The molecule has 0 atom stereocenters. The Hall–Kier alpha value is -2.95. The normalized spacial score (nSPS) is 11.0. The lowest BCUT2D eigenvalue weighted by Crippen LogP contribution is -2.11. The lowest BCUT2D eigenvalue weighted by Gasteiger charge is -2.12. The van der Waals surface area contributed by atoms with Crippen LogP contribution in [0.4, 0.5) is 4.39 Å². The first-order valence-electron chi connectivity index (χ1n) is 8.64. The molecule has 0 unspecified atom stereocenters. The van der Waals surface area contributed by atoms with E-state index >= 15 is 0 Å². The topological polar surface area (TPSA) is 44.1 Å². The summed E-state index contributed by atoms with van der Waals surface area (Å²) in [5.41, 5.74) is 3.23. The zero-order valence-corrected chi connectivity index (χ0v) is 15.1. The van der Waals surface area contributed by atoms with Gasteiger partial charge in [-0.25, -0.2) is 13.9 Å². The van der Waals surface area contributed by atoms with E-state index in [1.54, 1.807) is 23.7 Å². The summed E-state index contributed by atoms with van der Waals surface area (Å²) in [6.07, 6.45) is 0. The average molecular weight is 352 g/mol. The van der Waals surface area contributed by atoms with Crippen molar-refractivity contribution >= 4 is 5.97 Å². The van der Waals surface area contributed by atoms with Crippen LogP contribution in [0, 0.1) is 5.82 Å². The molecular weight excluding hydrogens is 331 g/mol. The van der Waals surface area contributed by atoms with E-state index in [4.69, 9.17) is 9.84 Å². The van der Waals surface area contributed by atoms with Gasteiger partial charge in [0, 0.05) is 5.56 Å². The predicted octanol–water partition coefficient (Wildman–Crippen LogP) is 4.98. The summed E-state index contributed by atoms with van der Waals surface area (Å²) in [7, 11) is 0. The molecule has 26 heavy (non-hydrogen) atoms. The summed E-state index contributed by atoms with van der Waals surface area (Å²) in [5, 5.41) is 4.70. The van der Waals surface area contributed by atoms with Crippen LogP contribution >= 0.6 is 0 Å². The quantitative estimate of drug-likeness (QED) is 0.608. The minimum atomic E-state index is -0.419. The van der Waals surface area contributed by atoms with Gasteiger partial charge in [0.1, 0.15) is 17.1 Å². The van der Waals surface area contributed by atoms with Gasteiger partial charge in [-0.15, -0.1) is 0 Å². The Balaban J connectivity index is 2.28. The molecule has 134 valence electrons. The van der Waals surface area contributed by atoms with Gasteiger partial charge >= 0.3 is 5.97 Å².